The molecule has 3 unspecified atom stereocenters. The molecule has 1 amide bonds. The Labute approximate surface area is 107 Å². The number of aliphatic carboxylic acids is 1. The number of carbonyl (C=O) groups excluding carboxylic acids is 1. The molecule has 2 rings (SSSR count). The summed E-state index contributed by atoms with van der Waals surface area (Å²) in [5.41, 5.74) is 5.66. The zero-order valence-electron chi connectivity index (χ0n) is 10.7. The van der Waals surface area contributed by atoms with Gasteiger partial charge in [-0.25, -0.2) is 0 Å². The number of nitrogens with two attached hydrogens (primary N) is 1. The number of hydrogen-bond donors (Lipinski definition) is 2. The topological polar surface area (TPSA) is 86.9 Å². The highest BCUT2D eigenvalue weighted by Gasteiger charge is 2.37. The van der Waals surface area contributed by atoms with Gasteiger partial charge in [-0.05, 0) is 26.3 Å². The third-order valence-corrected chi connectivity index (χ3v) is 3.93. The Morgan fingerprint density at radius 1 is 1.44 bits per heavy atom. The second kappa shape index (κ2) is 5.24. The number of hydrogen-bond acceptors (Lipinski definition) is 4. The minimum Gasteiger partial charge on any atom is -0.481 e. The Morgan fingerprint density at radius 2 is 2.17 bits per heavy atom. The smallest absolute Gasteiger partial charge is 0.305 e. The normalized spacial score (nSPS) is 30.0. The van der Waals surface area contributed by atoms with Crippen molar-refractivity contribution in [2.24, 2.45) is 5.73 Å². The van der Waals surface area contributed by atoms with E-state index in [0.29, 0.717) is 12.6 Å². The quantitative estimate of drug-likeness (QED) is 0.709. The van der Waals surface area contributed by atoms with E-state index >= 15 is 0 Å². The summed E-state index contributed by atoms with van der Waals surface area (Å²) in [6.45, 7) is 4.67. The van der Waals surface area contributed by atoms with Crippen molar-refractivity contribution in [3.05, 3.63) is 0 Å². The van der Waals surface area contributed by atoms with Crippen LogP contribution in [-0.4, -0.2) is 64.5 Å². The van der Waals surface area contributed by atoms with E-state index in [1.807, 2.05) is 6.92 Å². The van der Waals surface area contributed by atoms with Gasteiger partial charge in [0.25, 0.3) is 0 Å². The van der Waals surface area contributed by atoms with E-state index in [1.54, 1.807) is 4.90 Å². The van der Waals surface area contributed by atoms with Crippen molar-refractivity contribution >= 4 is 11.9 Å². The number of carboxylic acid groups (broad SMARTS) is 1. The van der Waals surface area contributed by atoms with E-state index < -0.39 is 12.0 Å². The first-order chi connectivity index (χ1) is 8.49. The first kappa shape index (κ1) is 13.3. The van der Waals surface area contributed by atoms with Crippen molar-refractivity contribution in [1.82, 2.24) is 9.80 Å². The second-order valence-electron chi connectivity index (χ2n) is 5.33. The Balaban J connectivity index is 1.99. The molecule has 0 aromatic rings. The average Bonchev–Trinajstić information content (AvgIpc) is 2.72. The summed E-state index contributed by atoms with van der Waals surface area (Å²) < 4.78 is 0. The lowest BCUT2D eigenvalue weighted by Crippen LogP contribution is -2.59. The van der Waals surface area contributed by atoms with Crippen molar-refractivity contribution in [1.29, 1.82) is 0 Å². The van der Waals surface area contributed by atoms with Crippen molar-refractivity contribution in [2.75, 3.05) is 19.6 Å². The van der Waals surface area contributed by atoms with E-state index in [-0.39, 0.29) is 18.4 Å². The van der Waals surface area contributed by atoms with Gasteiger partial charge in [-0.2, -0.15) is 0 Å². The van der Waals surface area contributed by atoms with Crippen LogP contribution in [0.25, 0.3) is 0 Å². The molecular weight excluding hydrogens is 234 g/mol. The second-order valence-corrected chi connectivity index (χ2v) is 5.33. The number of carboxylic acids is 1. The molecule has 0 spiro atoms. The van der Waals surface area contributed by atoms with Crippen LogP contribution < -0.4 is 5.73 Å². The van der Waals surface area contributed by atoms with Gasteiger partial charge in [-0.3, -0.25) is 14.5 Å². The van der Waals surface area contributed by atoms with Crippen molar-refractivity contribution in [3.63, 3.8) is 0 Å². The number of nitrogens with zero attached hydrogens (tertiary/aromatic N) is 2. The number of fused-ring (bicyclic) bond motifs is 1. The SMILES string of the molecule is CC1CN2CCCC2CN1C(=O)C(N)CC(=O)O. The highest BCUT2D eigenvalue weighted by Crippen LogP contribution is 2.24. The van der Waals surface area contributed by atoms with Crippen molar-refractivity contribution in [2.45, 2.75) is 44.3 Å². The zero-order chi connectivity index (χ0) is 13.3. The maximum atomic E-state index is 12.2. The standard InChI is InChI=1S/C12H21N3O3/c1-8-6-14-4-2-3-9(14)7-15(8)12(18)10(13)5-11(16)17/h8-10H,2-7,13H2,1H3,(H,16,17). The highest BCUT2D eigenvalue weighted by molar-refractivity contribution is 5.86. The van der Waals surface area contributed by atoms with Gasteiger partial charge in [0.05, 0.1) is 12.5 Å². The molecule has 3 N–H and O–H groups in total. The molecule has 0 aromatic heterocycles. The molecule has 2 aliphatic rings. The van der Waals surface area contributed by atoms with Gasteiger partial charge in [0.1, 0.15) is 0 Å². The Hall–Kier alpha value is -1.14. The molecule has 18 heavy (non-hydrogen) atoms. The molecule has 0 bridgehead atoms. The Kier molecular flexibility index (Phi) is 3.87. The summed E-state index contributed by atoms with van der Waals surface area (Å²) in [7, 11) is 0. The fourth-order valence-electron chi connectivity index (χ4n) is 2.98. The summed E-state index contributed by atoms with van der Waals surface area (Å²) >= 11 is 0. The van der Waals surface area contributed by atoms with Gasteiger partial charge in [-0.15, -0.1) is 0 Å². The molecule has 2 saturated heterocycles. The summed E-state index contributed by atoms with van der Waals surface area (Å²) in [5.74, 6) is -1.25. The molecule has 6 heteroatoms. The molecule has 102 valence electrons. The lowest BCUT2D eigenvalue weighted by Gasteiger charge is -2.43. The average molecular weight is 255 g/mol. The minimum absolute atomic E-state index is 0.117. The first-order valence-corrected chi connectivity index (χ1v) is 6.51. The van der Waals surface area contributed by atoms with Crippen molar-refractivity contribution in [3.8, 4) is 0 Å². The van der Waals surface area contributed by atoms with Gasteiger partial charge in [0.15, 0.2) is 0 Å². The predicted octanol–water partition coefficient (Wildman–Crippen LogP) is -0.516. The molecule has 2 aliphatic heterocycles. The summed E-state index contributed by atoms with van der Waals surface area (Å²) in [6.07, 6.45) is 2.00. The predicted molar refractivity (Wildman–Crippen MR) is 66.0 cm³/mol. The Morgan fingerprint density at radius 3 is 2.83 bits per heavy atom. The van der Waals surface area contributed by atoms with Crippen LogP contribution >= 0.6 is 0 Å². The monoisotopic (exact) mass is 255 g/mol. The van der Waals surface area contributed by atoms with E-state index in [0.717, 1.165) is 19.5 Å². The van der Waals surface area contributed by atoms with Gasteiger partial charge < -0.3 is 15.7 Å². The number of piperazine rings is 1. The molecule has 0 aliphatic carbocycles. The molecule has 3 atom stereocenters. The van der Waals surface area contributed by atoms with Gasteiger partial charge in [0.2, 0.25) is 5.91 Å². The lowest BCUT2D eigenvalue weighted by atomic mass is 10.1. The van der Waals surface area contributed by atoms with E-state index in [1.165, 1.54) is 6.42 Å². The van der Waals surface area contributed by atoms with Crippen LogP contribution in [0.3, 0.4) is 0 Å². The minimum atomic E-state index is -1.02. The Bertz CT molecular complexity index is 347. The van der Waals surface area contributed by atoms with Crippen LogP contribution in [0.4, 0.5) is 0 Å². The van der Waals surface area contributed by atoms with Crippen molar-refractivity contribution < 1.29 is 14.7 Å². The molecule has 0 aromatic carbocycles. The maximum Gasteiger partial charge on any atom is 0.305 e. The maximum absolute atomic E-state index is 12.2. The number of carbonyl (C=O) groups is 2. The number of rotatable bonds is 3. The van der Waals surface area contributed by atoms with Crippen LogP contribution in [0.5, 0.6) is 0 Å². The van der Waals surface area contributed by atoms with Crippen LogP contribution in [-0.2, 0) is 9.59 Å². The summed E-state index contributed by atoms with van der Waals surface area (Å²) in [4.78, 5) is 26.9. The summed E-state index contributed by atoms with van der Waals surface area (Å²) in [5, 5.41) is 8.69. The van der Waals surface area contributed by atoms with Gasteiger partial charge in [0, 0.05) is 25.2 Å². The molecule has 2 heterocycles. The zero-order valence-corrected chi connectivity index (χ0v) is 10.7. The number of amides is 1. The van der Waals surface area contributed by atoms with E-state index in [2.05, 4.69) is 4.90 Å². The third-order valence-electron chi connectivity index (χ3n) is 3.93. The van der Waals surface area contributed by atoms with Crippen LogP contribution in [0, 0.1) is 0 Å². The largest absolute Gasteiger partial charge is 0.481 e. The molecule has 0 saturated carbocycles. The third kappa shape index (κ3) is 2.64. The van der Waals surface area contributed by atoms with Crippen LogP contribution in [0.15, 0.2) is 0 Å². The molecule has 2 fully saturated rings. The molecule has 6 nitrogen and oxygen atoms in total. The molecular formula is C12H21N3O3. The molecule has 0 radical (unpaired) electrons. The fourth-order valence-corrected chi connectivity index (χ4v) is 2.98. The van der Waals surface area contributed by atoms with Gasteiger partial charge in [-0.1, -0.05) is 0 Å². The van der Waals surface area contributed by atoms with E-state index in [4.69, 9.17) is 10.8 Å². The highest BCUT2D eigenvalue weighted by atomic mass is 16.4. The van der Waals surface area contributed by atoms with E-state index in [9.17, 15) is 9.59 Å². The first-order valence-electron chi connectivity index (χ1n) is 6.51. The van der Waals surface area contributed by atoms with Crippen LogP contribution in [0.2, 0.25) is 0 Å². The van der Waals surface area contributed by atoms with Gasteiger partial charge >= 0.3 is 5.97 Å². The lowest BCUT2D eigenvalue weighted by molar-refractivity contribution is -0.144. The fraction of sp³-hybridized carbons (Fsp3) is 0.833. The van der Waals surface area contributed by atoms with Crippen LogP contribution in [0.1, 0.15) is 26.2 Å². The summed E-state index contributed by atoms with van der Waals surface area (Å²) in [6, 6.07) is -0.369.